The van der Waals surface area contributed by atoms with Crippen molar-refractivity contribution in [1.29, 1.82) is 0 Å². The molecule has 0 bridgehead atoms. The molecule has 0 atom stereocenters. The van der Waals surface area contributed by atoms with Crippen LogP contribution in [-0.4, -0.2) is 25.6 Å². The smallest absolute Gasteiger partial charge is 0.161 e. The number of aromatic hydroxyl groups is 1. The molecule has 0 aliphatic rings. The summed E-state index contributed by atoms with van der Waals surface area (Å²) in [7, 11) is 2.83. The fraction of sp³-hybridized carbons (Fsp3) is 0.133. The van der Waals surface area contributed by atoms with Crippen molar-refractivity contribution in [2.45, 2.75) is 0 Å². The van der Waals surface area contributed by atoms with Gasteiger partial charge in [-0.1, -0.05) is 0 Å². The van der Waals surface area contributed by atoms with Crippen LogP contribution in [0.2, 0.25) is 0 Å². The molecule has 0 saturated heterocycles. The lowest BCUT2D eigenvalue weighted by molar-refractivity contribution is 0.112. The summed E-state index contributed by atoms with van der Waals surface area (Å²) < 4.78 is 23.5. The number of hydrogen-bond donors (Lipinski definition) is 1. The molecule has 0 amide bonds. The van der Waals surface area contributed by atoms with Crippen LogP contribution < -0.4 is 9.47 Å². The first-order chi connectivity index (χ1) is 9.60. The minimum absolute atomic E-state index is 0.139. The number of phenols is 1. The molecule has 0 aliphatic heterocycles. The van der Waals surface area contributed by atoms with Gasteiger partial charge in [-0.05, 0) is 35.9 Å². The Morgan fingerprint density at radius 1 is 1.05 bits per heavy atom. The van der Waals surface area contributed by atoms with Crippen LogP contribution in [0.1, 0.15) is 10.4 Å². The predicted molar refractivity (Wildman–Crippen MR) is 72.0 cm³/mol. The second-order valence-corrected chi connectivity index (χ2v) is 4.07. The normalized spacial score (nSPS) is 10.2. The molecule has 104 valence electrons. The average molecular weight is 276 g/mol. The highest BCUT2D eigenvalue weighted by molar-refractivity contribution is 5.91. The van der Waals surface area contributed by atoms with E-state index in [1.54, 1.807) is 0 Å². The van der Waals surface area contributed by atoms with E-state index < -0.39 is 5.82 Å². The van der Waals surface area contributed by atoms with E-state index in [9.17, 15) is 14.3 Å². The number of carbonyl (C=O) groups excluding carboxylic acids is 1. The van der Waals surface area contributed by atoms with Gasteiger partial charge in [-0.3, -0.25) is 4.79 Å². The van der Waals surface area contributed by atoms with Gasteiger partial charge in [0.05, 0.1) is 14.2 Å². The molecule has 0 aliphatic carbocycles. The maximum absolute atomic E-state index is 13.4. The molecular formula is C15H13FO4. The molecule has 2 aromatic carbocycles. The van der Waals surface area contributed by atoms with Crippen molar-refractivity contribution in [1.82, 2.24) is 0 Å². The maximum Gasteiger partial charge on any atom is 0.161 e. The number of ether oxygens (including phenoxy) is 2. The van der Waals surface area contributed by atoms with Crippen LogP contribution in [0.5, 0.6) is 17.2 Å². The third-order valence-corrected chi connectivity index (χ3v) is 2.93. The highest BCUT2D eigenvalue weighted by atomic mass is 19.1. The third kappa shape index (κ3) is 2.42. The average Bonchev–Trinajstić information content (AvgIpc) is 2.46. The van der Waals surface area contributed by atoms with E-state index in [1.807, 2.05) is 0 Å². The topological polar surface area (TPSA) is 55.8 Å². The molecule has 0 spiro atoms. The second kappa shape index (κ2) is 5.61. The highest BCUT2D eigenvalue weighted by Gasteiger charge is 2.15. The fourth-order valence-corrected chi connectivity index (χ4v) is 1.97. The van der Waals surface area contributed by atoms with E-state index in [1.165, 1.54) is 44.6 Å². The standard InChI is InChI=1S/C15H13FO4/c1-19-14-4-3-10(16)6-12(14)11-7-13(18)15(20-2)5-9(11)8-17/h3-8,18H,1-2H3. The summed E-state index contributed by atoms with van der Waals surface area (Å²) in [5, 5.41) is 9.83. The number of methoxy groups -OCH3 is 2. The summed E-state index contributed by atoms with van der Waals surface area (Å²) in [6.45, 7) is 0. The van der Waals surface area contributed by atoms with Crippen LogP contribution in [-0.2, 0) is 0 Å². The second-order valence-electron chi connectivity index (χ2n) is 4.07. The molecule has 1 N–H and O–H groups in total. The van der Waals surface area contributed by atoms with Gasteiger partial charge in [0.1, 0.15) is 11.6 Å². The molecule has 0 saturated carbocycles. The molecule has 20 heavy (non-hydrogen) atoms. The minimum Gasteiger partial charge on any atom is -0.504 e. The number of benzene rings is 2. The van der Waals surface area contributed by atoms with Crippen molar-refractivity contribution in [3.05, 3.63) is 41.7 Å². The summed E-state index contributed by atoms with van der Waals surface area (Å²) in [6, 6.07) is 6.70. The quantitative estimate of drug-likeness (QED) is 0.872. The highest BCUT2D eigenvalue weighted by Crippen LogP contribution is 2.38. The monoisotopic (exact) mass is 276 g/mol. The van der Waals surface area contributed by atoms with Gasteiger partial charge in [0.25, 0.3) is 0 Å². The van der Waals surface area contributed by atoms with Crippen LogP contribution in [0.15, 0.2) is 30.3 Å². The molecule has 0 fully saturated rings. The van der Waals surface area contributed by atoms with Gasteiger partial charge < -0.3 is 14.6 Å². The number of aldehydes is 1. The van der Waals surface area contributed by atoms with Crippen LogP contribution in [0.25, 0.3) is 11.1 Å². The lowest BCUT2D eigenvalue weighted by Crippen LogP contribution is -1.95. The first-order valence-electron chi connectivity index (χ1n) is 5.80. The zero-order valence-electron chi connectivity index (χ0n) is 11.0. The first kappa shape index (κ1) is 13.9. The van der Waals surface area contributed by atoms with Gasteiger partial charge in [0, 0.05) is 11.1 Å². The molecule has 4 nitrogen and oxygen atoms in total. The van der Waals surface area contributed by atoms with Gasteiger partial charge in [0.15, 0.2) is 17.8 Å². The van der Waals surface area contributed by atoms with E-state index in [-0.39, 0.29) is 17.1 Å². The van der Waals surface area contributed by atoms with Gasteiger partial charge >= 0.3 is 0 Å². The largest absolute Gasteiger partial charge is 0.504 e. The Morgan fingerprint density at radius 3 is 2.35 bits per heavy atom. The zero-order valence-corrected chi connectivity index (χ0v) is 11.0. The first-order valence-corrected chi connectivity index (χ1v) is 5.80. The third-order valence-electron chi connectivity index (χ3n) is 2.93. The van der Waals surface area contributed by atoms with Crippen LogP contribution >= 0.6 is 0 Å². The summed E-state index contributed by atoms with van der Waals surface area (Å²) in [5.41, 5.74) is 1.02. The predicted octanol–water partition coefficient (Wildman–Crippen LogP) is 3.03. The van der Waals surface area contributed by atoms with Crippen molar-refractivity contribution in [2.75, 3.05) is 14.2 Å². The van der Waals surface area contributed by atoms with E-state index in [2.05, 4.69) is 0 Å². The molecule has 2 rings (SSSR count). The Kier molecular flexibility index (Phi) is 3.89. The Labute approximate surface area is 115 Å². The van der Waals surface area contributed by atoms with Crippen molar-refractivity contribution >= 4 is 6.29 Å². The van der Waals surface area contributed by atoms with E-state index in [0.717, 1.165) is 0 Å². The molecule has 0 radical (unpaired) electrons. The van der Waals surface area contributed by atoms with Crippen molar-refractivity contribution < 1.29 is 23.8 Å². The number of halogens is 1. The summed E-state index contributed by atoms with van der Waals surface area (Å²) in [4.78, 5) is 11.2. The van der Waals surface area contributed by atoms with Crippen molar-refractivity contribution in [3.8, 4) is 28.4 Å². The van der Waals surface area contributed by atoms with Crippen LogP contribution in [0, 0.1) is 5.82 Å². The van der Waals surface area contributed by atoms with Gasteiger partial charge in [-0.15, -0.1) is 0 Å². The SMILES string of the molecule is COc1cc(C=O)c(-c2cc(F)ccc2OC)cc1O. The van der Waals surface area contributed by atoms with Crippen molar-refractivity contribution in [2.24, 2.45) is 0 Å². The Hall–Kier alpha value is -2.56. The number of hydrogen-bond acceptors (Lipinski definition) is 4. The lowest BCUT2D eigenvalue weighted by atomic mass is 9.98. The zero-order chi connectivity index (χ0) is 14.7. The lowest BCUT2D eigenvalue weighted by Gasteiger charge is -2.13. The van der Waals surface area contributed by atoms with E-state index >= 15 is 0 Å². The van der Waals surface area contributed by atoms with Crippen molar-refractivity contribution in [3.63, 3.8) is 0 Å². The molecule has 2 aromatic rings. The minimum atomic E-state index is -0.465. The van der Waals surface area contributed by atoms with Gasteiger partial charge in [-0.25, -0.2) is 4.39 Å². The number of phenolic OH excluding ortho intramolecular Hbond substituents is 1. The van der Waals surface area contributed by atoms with E-state index in [4.69, 9.17) is 9.47 Å². The summed E-state index contributed by atoms with van der Waals surface area (Å²) >= 11 is 0. The summed E-state index contributed by atoms with van der Waals surface area (Å²) in [6.07, 6.45) is 0.613. The molecular weight excluding hydrogens is 263 g/mol. The molecule has 0 unspecified atom stereocenters. The number of rotatable bonds is 4. The van der Waals surface area contributed by atoms with Crippen LogP contribution in [0.4, 0.5) is 4.39 Å². The maximum atomic E-state index is 13.4. The molecule has 0 heterocycles. The van der Waals surface area contributed by atoms with Gasteiger partial charge in [-0.2, -0.15) is 0 Å². The Bertz CT molecular complexity index is 653. The van der Waals surface area contributed by atoms with Crippen LogP contribution in [0.3, 0.4) is 0 Å². The summed E-state index contributed by atoms with van der Waals surface area (Å²) in [5.74, 6) is -0.0299. The fourth-order valence-electron chi connectivity index (χ4n) is 1.97. The van der Waals surface area contributed by atoms with Gasteiger partial charge in [0.2, 0.25) is 0 Å². The molecule has 0 aromatic heterocycles. The number of carbonyl (C=O) groups is 1. The van der Waals surface area contributed by atoms with E-state index in [0.29, 0.717) is 23.2 Å². The molecule has 5 heteroatoms. The Morgan fingerprint density at radius 2 is 1.75 bits per heavy atom. The Balaban J connectivity index is 2.71.